The molecule has 1 N–H and O–H groups in total. The number of hydrogen-bond acceptors (Lipinski definition) is 4. The lowest BCUT2D eigenvalue weighted by Gasteiger charge is -2.39. The molecule has 2 aliphatic heterocycles. The highest BCUT2D eigenvalue weighted by Gasteiger charge is 2.48. The molecule has 2 unspecified atom stereocenters. The van der Waals surface area contributed by atoms with Crippen molar-refractivity contribution in [3.63, 3.8) is 0 Å². The van der Waals surface area contributed by atoms with Crippen LogP contribution in [0.5, 0.6) is 0 Å². The number of nitrogens with zero attached hydrogens (tertiary/aromatic N) is 2. The van der Waals surface area contributed by atoms with Crippen LogP contribution in [0.1, 0.15) is 34.1 Å². The summed E-state index contributed by atoms with van der Waals surface area (Å²) in [5.41, 5.74) is -0.749. The van der Waals surface area contributed by atoms with Gasteiger partial charge >= 0.3 is 6.03 Å². The Morgan fingerprint density at radius 3 is 2.75 bits per heavy atom. The van der Waals surface area contributed by atoms with Crippen molar-refractivity contribution in [3.8, 4) is 0 Å². The van der Waals surface area contributed by atoms with Crippen LogP contribution >= 0.6 is 0 Å². The van der Waals surface area contributed by atoms with Crippen LogP contribution in [0.3, 0.4) is 0 Å². The van der Waals surface area contributed by atoms with Gasteiger partial charge in [0.1, 0.15) is 5.54 Å². The third-order valence-electron chi connectivity index (χ3n) is 4.53. The molecule has 0 aliphatic carbocycles. The molecule has 2 fully saturated rings. The van der Waals surface area contributed by atoms with E-state index in [0.29, 0.717) is 25.6 Å². The lowest BCUT2D eigenvalue weighted by atomic mass is 9.97. The zero-order valence-corrected chi connectivity index (χ0v) is 12.8. The molecule has 3 amide bonds. The molecule has 0 radical (unpaired) electrons. The predicted octanol–water partition coefficient (Wildman–Crippen LogP) is 0.816. The number of rotatable bonds is 4. The summed E-state index contributed by atoms with van der Waals surface area (Å²) in [7, 11) is 0. The van der Waals surface area contributed by atoms with Crippen molar-refractivity contribution in [2.24, 2.45) is 0 Å². The summed E-state index contributed by atoms with van der Waals surface area (Å²) in [6.07, 6.45) is 0.569. The normalized spacial score (nSPS) is 32.0. The van der Waals surface area contributed by atoms with Crippen molar-refractivity contribution in [1.29, 1.82) is 0 Å². The standard InChI is InChI=1S/C14H25N3O3/c1-5-14(4)12(18)15-13(19)17(14)9-11-8-16(10(2)3)6-7-20-11/h10-11H,5-9H2,1-4H3,(H,15,18,19). The highest BCUT2D eigenvalue weighted by molar-refractivity contribution is 6.06. The molecule has 2 aliphatic rings. The summed E-state index contributed by atoms with van der Waals surface area (Å²) in [6, 6.07) is 0.164. The van der Waals surface area contributed by atoms with Gasteiger partial charge in [0, 0.05) is 19.1 Å². The van der Waals surface area contributed by atoms with Crippen molar-refractivity contribution in [2.75, 3.05) is 26.2 Å². The van der Waals surface area contributed by atoms with Crippen LogP contribution in [-0.4, -0.2) is 65.7 Å². The molecule has 0 spiro atoms. The molecule has 114 valence electrons. The SMILES string of the molecule is CCC1(C)C(=O)NC(=O)N1CC1CN(C(C)C)CCO1. The van der Waals surface area contributed by atoms with E-state index in [1.54, 1.807) is 4.90 Å². The molecular formula is C14H25N3O3. The maximum absolute atomic E-state index is 12.0. The number of imide groups is 1. The average Bonchev–Trinajstić information content (AvgIpc) is 2.63. The quantitative estimate of drug-likeness (QED) is 0.776. The lowest BCUT2D eigenvalue weighted by Crippen LogP contribution is -2.54. The Morgan fingerprint density at radius 1 is 1.45 bits per heavy atom. The number of morpholine rings is 1. The molecule has 0 aromatic carbocycles. The fraction of sp³-hybridized carbons (Fsp3) is 0.857. The van der Waals surface area contributed by atoms with Gasteiger partial charge in [0.15, 0.2) is 0 Å². The summed E-state index contributed by atoms with van der Waals surface area (Å²) >= 11 is 0. The molecular weight excluding hydrogens is 258 g/mol. The van der Waals surface area contributed by atoms with Crippen molar-refractivity contribution in [3.05, 3.63) is 0 Å². The number of ether oxygens (including phenoxy) is 1. The molecule has 2 saturated heterocycles. The second-order valence-electron chi connectivity index (χ2n) is 6.08. The Labute approximate surface area is 120 Å². The molecule has 2 atom stereocenters. The average molecular weight is 283 g/mol. The third-order valence-corrected chi connectivity index (χ3v) is 4.53. The highest BCUT2D eigenvalue weighted by atomic mass is 16.5. The first-order valence-corrected chi connectivity index (χ1v) is 7.37. The van der Waals surface area contributed by atoms with Gasteiger partial charge in [-0.05, 0) is 27.2 Å². The van der Waals surface area contributed by atoms with Crippen LogP contribution in [0, 0.1) is 0 Å². The number of carbonyl (C=O) groups excluding carboxylic acids is 2. The van der Waals surface area contributed by atoms with Crippen molar-refractivity contribution in [2.45, 2.75) is 51.8 Å². The van der Waals surface area contributed by atoms with Gasteiger partial charge in [-0.3, -0.25) is 15.0 Å². The topological polar surface area (TPSA) is 61.9 Å². The molecule has 2 rings (SSSR count). The van der Waals surface area contributed by atoms with Crippen molar-refractivity contribution < 1.29 is 14.3 Å². The fourth-order valence-corrected chi connectivity index (χ4v) is 2.81. The summed E-state index contributed by atoms with van der Waals surface area (Å²) in [4.78, 5) is 27.9. The zero-order chi connectivity index (χ0) is 14.9. The largest absolute Gasteiger partial charge is 0.374 e. The van der Waals surface area contributed by atoms with Gasteiger partial charge in [0.05, 0.1) is 19.3 Å². The van der Waals surface area contributed by atoms with E-state index < -0.39 is 5.54 Å². The Morgan fingerprint density at radius 2 is 2.15 bits per heavy atom. The van der Waals surface area contributed by atoms with E-state index in [0.717, 1.165) is 13.1 Å². The molecule has 6 nitrogen and oxygen atoms in total. The summed E-state index contributed by atoms with van der Waals surface area (Å²) in [5, 5.41) is 2.41. The first-order chi connectivity index (χ1) is 9.38. The molecule has 0 aromatic rings. The molecule has 20 heavy (non-hydrogen) atoms. The van der Waals surface area contributed by atoms with Crippen LogP contribution in [0.15, 0.2) is 0 Å². The predicted molar refractivity (Wildman–Crippen MR) is 75.4 cm³/mol. The van der Waals surface area contributed by atoms with Crippen LogP contribution in [0.25, 0.3) is 0 Å². The van der Waals surface area contributed by atoms with Crippen LogP contribution in [0.2, 0.25) is 0 Å². The number of urea groups is 1. The number of carbonyl (C=O) groups is 2. The Hall–Kier alpha value is -1.14. The van der Waals surface area contributed by atoms with Crippen LogP contribution in [0.4, 0.5) is 4.79 Å². The smallest absolute Gasteiger partial charge is 0.325 e. The van der Waals surface area contributed by atoms with E-state index in [1.165, 1.54) is 0 Å². The Balaban J connectivity index is 2.05. The summed E-state index contributed by atoms with van der Waals surface area (Å²) < 4.78 is 5.77. The highest BCUT2D eigenvalue weighted by Crippen LogP contribution is 2.26. The van der Waals surface area contributed by atoms with Gasteiger partial charge < -0.3 is 9.64 Å². The first-order valence-electron chi connectivity index (χ1n) is 7.37. The van der Waals surface area contributed by atoms with Gasteiger partial charge in [-0.15, -0.1) is 0 Å². The molecule has 0 bridgehead atoms. The Kier molecular flexibility index (Phi) is 4.34. The van der Waals surface area contributed by atoms with Gasteiger partial charge in [0.25, 0.3) is 5.91 Å². The van der Waals surface area contributed by atoms with Crippen LogP contribution in [-0.2, 0) is 9.53 Å². The van der Waals surface area contributed by atoms with E-state index in [-0.39, 0.29) is 18.0 Å². The fourth-order valence-electron chi connectivity index (χ4n) is 2.81. The first kappa shape index (κ1) is 15.3. The minimum Gasteiger partial charge on any atom is -0.374 e. The number of nitrogens with one attached hydrogen (secondary N) is 1. The minimum atomic E-state index is -0.749. The molecule has 0 saturated carbocycles. The maximum Gasteiger partial charge on any atom is 0.325 e. The molecule has 0 aromatic heterocycles. The van der Waals surface area contributed by atoms with Crippen LogP contribution < -0.4 is 5.32 Å². The van der Waals surface area contributed by atoms with Gasteiger partial charge in [-0.25, -0.2) is 4.79 Å². The minimum absolute atomic E-state index is 0.0336. The monoisotopic (exact) mass is 283 g/mol. The summed E-state index contributed by atoms with van der Waals surface area (Å²) in [6.45, 7) is 10.9. The molecule has 6 heteroatoms. The van der Waals surface area contributed by atoms with Gasteiger partial charge in [-0.2, -0.15) is 0 Å². The van der Waals surface area contributed by atoms with E-state index in [1.807, 2.05) is 13.8 Å². The Bertz CT molecular complexity index is 399. The van der Waals surface area contributed by atoms with Gasteiger partial charge in [-0.1, -0.05) is 6.92 Å². The summed E-state index contributed by atoms with van der Waals surface area (Å²) in [5.74, 6) is -0.207. The third kappa shape index (κ3) is 2.67. The van der Waals surface area contributed by atoms with Crippen molar-refractivity contribution in [1.82, 2.24) is 15.1 Å². The zero-order valence-electron chi connectivity index (χ0n) is 12.8. The molecule has 2 heterocycles. The number of hydrogen-bond donors (Lipinski definition) is 1. The number of amides is 3. The second kappa shape index (κ2) is 5.69. The van der Waals surface area contributed by atoms with E-state index in [4.69, 9.17) is 4.74 Å². The van der Waals surface area contributed by atoms with Crippen molar-refractivity contribution >= 4 is 11.9 Å². The lowest BCUT2D eigenvalue weighted by molar-refractivity contribution is -0.127. The van der Waals surface area contributed by atoms with E-state index >= 15 is 0 Å². The maximum atomic E-state index is 12.0. The van der Waals surface area contributed by atoms with E-state index in [9.17, 15) is 9.59 Å². The van der Waals surface area contributed by atoms with Gasteiger partial charge in [0.2, 0.25) is 0 Å². The van der Waals surface area contributed by atoms with E-state index in [2.05, 4.69) is 24.1 Å². The second-order valence-corrected chi connectivity index (χ2v) is 6.08.